The fraction of sp³-hybridized carbons (Fsp3) is 0. The van der Waals surface area contributed by atoms with Crippen LogP contribution in [0, 0.1) is 0 Å². The Hall–Kier alpha value is -8.50. The normalized spacial score (nSPS) is 11.3. The summed E-state index contributed by atoms with van der Waals surface area (Å²) >= 11 is 0. The predicted octanol–water partition coefficient (Wildman–Crippen LogP) is 11.7. The third-order valence-corrected chi connectivity index (χ3v) is 10.4. The second-order valence-electron chi connectivity index (χ2n) is 14.2. The van der Waals surface area contributed by atoms with E-state index in [1.807, 2.05) is 36.4 Å². The average Bonchev–Trinajstić information content (AvgIpc) is 3.31. The zero-order valence-electron chi connectivity index (χ0n) is 31.9. The van der Waals surface area contributed by atoms with Crippen LogP contribution in [0.2, 0.25) is 0 Å². The molecule has 0 spiro atoms. The monoisotopic (exact) mass is 772 g/mol. The van der Waals surface area contributed by atoms with Crippen molar-refractivity contribution >= 4 is 78.8 Å². The van der Waals surface area contributed by atoms with E-state index in [2.05, 4.69) is 165 Å². The van der Waals surface area contributed by atoms with E-state index in [-0.39, 0.29) is 0 Å². The number of rotatable bonds is 8. The first kappa shape index (κ1) is 34.7. The molecule has 0 saturated carbocycles. The standard InChI is InChI=1S/C50H32N10/c1-5-13-35(14-6-1)59(36-15-7-2-8-16-36)39-25-21-33(22-26-39)45-46(34-23-27-40(28-24-34)60(37-17-9-3-10-18-37)38-19-11-4-12-20-38)58-50-49(57-45)55-43-31-41-42(32-44(43)56-50)54-48-47(53-41)51-29-30-52-48/h1-32H. The molecule has 0 aliphatic heterocycles. The van der Waals surface area contributed by atoms with Gasteiger partial charge in [-0.2, -0.15) is 0 Å². The van der Waals surface area contributed by atoms with Gasteiger partial charge in [0.05, 0.1) is 33.5 Å². The molecule has 0 bridgehead atoms. The van der Waals surface area contributed by atoms with Gasteiger partial charge in [-0.1, -0.05) is 97.1 Å². The lowest BCUT2D eigenvalue weighted by Crippen LogP contribution is -2.09. The van der Waals surface area contributed by atoms with Gasteiger partial charge in [0.2, 0.25) is 0 Å². The van der Waals surface area contributed by atoms with Gasteiger partial charge in [0.1, 0.15) is 0 Å². The minimum Gasteiger partial charge on any atom is -0.311 e. The van der Waals surface area contributed by atoms with Crippen molar-refractivity contribution in [3.8, 4) is 22.5 Å². The predicted molar refractivity (Wildman–Crippen MR) is 239 cm³/mol. The van der Waals surface area contributed by atoms with Crippen molar-refractivity contribution in [1.82, 2.24) is 39.9 Å². The van der Waals surface area contributed by atoms with E-state index in [1.165, 1.54) is 0 Å². The molecule has 60 heavy (non-hydrogen) atoms. The second kappa shape index (κ2) is 14.8. The van der Waals surface area contributed by atoms with E-state index in [1.54, 1.807) is 12.4 Å². The highest BCUT2D eigenvalue weighted by atomic mass is 15.1. The van der Waals surface area contributed by atoms with Crippen LogP contribution in [0.25, 0.3) is 67.2 Å². The molecule has 7 aromatic carbocycles. The van der Waals surface area contributed by atoms with E-state index in [4.69, 9.17) is 29.9 Å². The Kier molecular flexibility index (Phi) is 8.55. The van der Waals surface area contributed by atoms with Crippen molar-refractivity contribution in [2.24, 2.45) is 0 Å². The van der Waals surface area contributed by atoms with E-state index < -0.39 is 0 Å². The van der Waals surface area contributed by atoms with Crippen molar-refractivity contribution < 1.29 is 0 Å². The number of hydrogen-bond acceptors (Lipinski definition) is 10. The highest BCUT2D eigenvalue weighted by Gasteiger charge is 2.19. The molecular formula is C50H32N10. The van der Waals surface area contributed by atoms with Crippen LogP contribution in [-0.4, -0.2) is 39.9 Å². The molecule has 282 valence electrons. The van der Waals surface area contributed by atoms with Gasteiger partial charge in [0.15, 0.2) is 22.6 Å². The smallest absolute Gasteiger partial charge is 0.199 e. The summed E-state index contributed by atoms with van der Waals surface area (Å²) < 4.78 is 0. The zero-order chi connectivity index (χ0) is 39.8. The Bertz CT molecular complexity index is 3000. The minimum absolute atomic E-state index is 0.421. The number of aromatic nitrogens is 8. The van der Waals surface area contributed by atoms with E-state index >= 15 is 0 Å². The number of hydrogen-bond donors (Lipinski definition) is 0. The molecule has 0 unspecified atom stereocenters. The molecular weight excluding hydrogens is 741 g/mol. The maximum atomic E-state index is 5.23. The van der Waals surface area contributed by atoms with Crippen LogP contribution in [0.5, 0.6) is 0 Å². The maximum Gasteiger partial charge on any atom is 0.199 e. The van der Waals surface area contributed by atoms with E-state index in [0.29, 0.717) is 56.0 Å². The third-order valence-electron chi connectivity index (χ3n) is 10.4. The molecule has 4 heterocycles. The van der Waals surface area contributed by atoms with Crippen LogP contribution in [-0.2, 0) is 0 Å². The highest BCUT2D eigenvalue weighted by molar-refractivity contribution is 5.96. The molecule has 10 heteroatoms. The molecule has 0 fully saturated rings. The van der Waals surface area contributed by atoms with Gasteiger partial charge in [-0.3, -0.25) is 0 Å². The molecule has 11 rings (SSSR count). The van der Waals surface area contributed by atoms with Gasteiger partial charge >= 0.3 is 0 Å². The molecule has 0 radical (unpaired) electrons. The number of anilines is 6. The summed E-state index contributed by atoms with van der Waals surface area (Å²) in [5.41, 5.74) is 13.7. The Labute approximate surface area is 344 Å². The Morgan fingerprint density at radius 1 is 0.267 bits per heavy atom. The van der Waals surface area contributed by atoms with Gasteiger partial charge in [-0.25, -0.2) is 39.9 Å². The van der Waals surface area contributed by atoms with E-state index in [0.717, 1.165) is 45.3 Å². The Morgan fingerprint density at radius 2 is 0.550 bits per heavy atom. The zero-order valence-corrected chi connectivity index (χ0v) is 31.9. The molecule has 0 aliphatic carbocycles. The highest BCUT2D eigenvalue weighted by Crippen LogP contribution is 2.39. The van der Waals surface area contributed by atoms with Gasteiger partial charge in [0, 0.05) is 57.6 Å². The third kappa shape index (κ3) is 6.44. The molecule has 0 atom stereocenters. The average molecular weight is 773 g/mol. The lowest BCUT2D eigenvalue weighted by molar-refractivity contribution is 1.19. The SMILES string of the molecule is c1ccc(N(c2ccccc2)c2ccc(-c3nc4nc5cc6nc7nccnc7nc6cc5nc4nc3-c3ccc(N(c4ccccc4)c4ccccc4)cc3)cc2)cc1. The first-order valence-electron chi connectivity index (χ1n) is 19.5. The summed E-state index contributed by atoms with van der Waals surface area (Å²) in [7, 11) is 0. The first-order chi connectivity index (χ1) is 29.7. The number of nitrogens with zero attached hydrogens (tertiary/aromatic N) is 10. The van der Waals surface area contributed by atoms with Crippen LogP contribution in [0.1, 0.15) is 0 Å². The number of benzene rings is 7. The molecule has 0 N–H and O–H groups in total. The molecule has 0 amide bonds. The summed E-state index contributed by atoms with van der Waals surface area (Å²) in [6, 6.07) is 62.0. The topological polar surface area (TPSA) is 110 Å². The first-order valence-corrected chi connectivity index (χ1v) is 19.5. The summed E-state index contributed by atoms with van der Waals surface area (Å²) in [4.78, 5) is 43.0. The van der Waals surface area contributed by atoms with Crippen LogP contribution >= 0.6 is 0 Å². The maximum absolute atomic E-state index is 5.23. The molecule has 4 aromatic heterocycles. The van der Waals surface area contributed by atoms with Crippen LogP contribution in [0.3, 0.4) is 0 Å². The van der Waals surface area contributed by atoms with Crippen molar-refractivity contribution in [1.29, 1.82) is 0 Å². The molecule has 0 saturated heterocycles. The van der Waals surface area contributed by atoms with Gasteiger partial charge in [-0.05, 0) is 84.9 Å². The fourth-order valence-corrected chi connectivity index (χ4v) is 7.56. The molecule has 11 aromatic rings. The fourth-order valence-electron chi connectivity index (χ4n) is 7.56. The quantitative estimate of drug-likeness (QED) is 0.138. The van der Waals surface area contributed by atoms with Crippen LogP contribution < -0.4 is 9.80 Å². The van der Waals surface area contributed by atoms with Gasteiger partial charge in [0.25, 0.3) is 0 Å². The largest absolute Gasteiger partial charge is 0.311 e. The Morgan fingerprint density at radius 3 is 0.867 bits per heavy atom. The summed E-state index contributed by atoms with van der Waals surface area (Å²) in [5.74, 6) is 0. The second-order valence-corrected chi connectivity index (χ2v) is 14.2. The van der Waals surface area contributed by atoms with Crippen molar-refractivity contribution in [3.05, 3.63) is 194 Å². The van der Waals surface area contributed by atoms with Gasteiger partial charge in [-0.15, -0.1) is 0 Å². The summed E-state index contributed by atoms with van der Waals surface area (Å²) in [6.45, 7) is 0. The summed E-state index contributed by atoms with van der Waals surface area (Å²) in [5, 5.41) is 0. The lowest BCUT2D eigenvalue weighted by atomic mass is 10.0. The minimum atomic E-state index is 0.421. The number of fused-ring (bicyclic) bond motifs is 4. The van der Waals surface area contributed by atoms with E-state index in [9.17, 15) is 0 Å². The van der Waals surface area contributed by atoms with Crippen molar-refractivity contribution in [3.63, 3.8) is 0 Å². The molecule has 10 nitrogen and oxygen atoms in total. The van der Waals surface area contributed by atoms with Crippen molar-refractivity contribution in [2.45, 2.75) is 0 Å². The van der Waals surface area contributed by atoms with Crippen LogP contribution in [0.4, 0.5) is 34.1 Å². The molecule has 0 aliphatic rings. The van der Waals surface area contributed by atoms with Crippen LogP contribution in [0.15, 0.2) is 194 Å². The van der Waals surface area contributed by atoms with Gasteiger partial charge < -0.3 is 9.80 Å². The number of para-hydroxylation sites is 4. The summed E-state index contributed by atoms with van der Waals surface area (Å²) in [6.07, 6.45) is 3.21. The lowest BCUT2D eigenvalue weighted by Gasteiger charge is -2.26. The Balaban J connectivity index is 1.06. The van der Waals surface area contributed by atoms with Crippen molar-refractivity contribution in [2.75, 3.05) is 9.80 Å².